The Morgan fingerprint density at radius 1 is 1.33 bits per heavy atom. The third kappa shape index (κ3) is 4.01. The van der Waals surface area contributed by atoms with Gasteiger partial charge in [-0.1, -0.05) is 13.8 Å². The van der Waals surface area contributed by atoms with Crippen LogP contribution < -0.4 is 10.5 Å². The van der Waals surface area contributed by atoms with Gasteiger partial charge in [0, 0.05) is 18.2 Å². The van der Waals surface area contributed by atoms with Crippen LogP contribution in [0.3, 0.4) is 0 Å². The fourth-order valence-electron chi connectivity index (χ4n) is 2.05. The number of benzene rings is 1. The molecular weight excluding hydrogens is 271 g/mol. The Bertz CT molecular complexity index is 595. The van der Waals surface area contributed by atoms with E-state index < -0.39 is 0 Å². The predicted octanol–water partition coefficient (Wildman–Crippen LogP) is 2.67. The zero-order chi connectivity index (χ0) is 15.4. The summed E-state index contributed by atoms with van der Waals surface area (Å²) in [5, 5.41) is 4.18. The van der Waals surface area contributed by atoms with Crippen LogP contribution >= 0.6 is 0 Å². The smallest absolute Gasteiger partial charge is 0.164 e. The second-order valence-corrected chi connectivity index (χ2v) is 5.51. The van der Waals surface area contributed by atoms with Gasteiger partial charge in [0.05, 0.1) is 0 Å². The highest BCUT2D eigenvalue weighted by Crippen LogP contribution is 2.25. The highest BCUT2D eigenvalue weighted by Gasteiger charge is 2.12. The summed E-state index contributed by atoms with van der Waals surface area (Å²) in [5.74, 6) is 1.46. The van der Waals surface area contributed by atoms with E-state index in [1.165, 1.54) is 18.5 Å². The van der Waals surface area contributed by atoms with Crippen molar-refractivity contribution in [3.63, 3.8) is 0 Å². The lowest BCUT2D eigenvalue weighted by Gasteiger charge is -2.14. The molecule has 1 aromatic heterocycles. The summed E-state index contributed by atoms with van der Waals surface area (Å²) >= 11 is 0. The van der Waals surface area contributed by atoms with E-state index in [2.05, 4.69) is 23.9 Å². The van der Waals surface area contributed by atoms with Gasteiger partial charge in [0.25, 0.3) is 0 Å². The summed E-state index contributed by atoms with van der Waals surface area (Å²) in [7, 11) is 0. The number of nitrogens with two attached hydrogens (primary N) is 1. The average molecular weight is 292 g/mol. The highest BCUT2D eigenvalue weighted by atomic mass is 19.1. The normalized spacial score (nSPS) is 12.7. The van der Waals surface area contributed by atoms with Crippen LogP contribution in [-0.2, 0) is 13.2 Å². The minimum Gasteiger partial charge on any atom is -0.485 e. The van der Waals surface area contributed by atoms with Crippen molar-refractivity contribution >= 4 is 0 Å². The van der Waals surface area contributed by atoms with E-state index in [0.717, 1.165) is 12.4 Å². The van der Waals surface area contributed by atoms with Crippen molar-refractivity contribution < 1.29 is 9.13 Å². The largest absolute Gasteiger partial charge is 0.485 e. The molecule has 0 radical (unpaired) electrons. The van der Waals surface area contributed by atoms with E-state index in [1.807, 2.05) is 4.68 Å². The summed E-state index contributed by atoms with van der Waals surface area (Å²) in [5.41, 5.74) is 6.49. The summed E-state index contributed by atoms with van der Waals surface area (Å²) in [6, 6.07) is 4.06. The van der Waals surface area contributed by atoms with Crippen molar-refractivity contribution in [2.24, 2.45) is 11.7 Å². The molecule has 0 spiro atoms. The molecule has 1 atom stereocenters. The summed E-state index contributed by atoms with van der Waals surface area (Å²) in [4.78, 5) is 4.20. The summed E-state index contributed by atoms with van der Waals surface area (Å²) in [6.45, 7) is 7.07. The van der Waals surface area contributed by atoms with E-state index in [0.29, 0.717) is 17.2 Å². The number of halogens is 1. The van der Waals surface area contributed by atoms with Gasteiger partial charge in [-0.15, -0.1) is 0 Å². The Balaban J connectivity index is 2.12. The SMILES string of the molecule is CC(C)Cn1ncnc1COc1ccc(F)cc1[C@H](C)N. The maximum absolute atomic E-state index is 13.3. The van der Waals surface area contributed by atoms with Gasteiger partial charge in [0.1, 0.15) is 24.5 Å². The minimum absolute atomic E-state index is 0.276. The Morgan fingerprint density at radius 3 is 2.76 bits per heavy atom. The molecule has 0 fully saturated rings. The van der Waals surface area contributed by atoms with Crippen molar-refractivity contribution in [3.05, 3.63) is 41.7 Å². The molecule has 0 aliphatic heterocycles. The maximum atomic E-state index is 13.3. The van der Waals surface area contributed by atoms with Crippen molar-refractivity contribution in [2.75, 3.05) is 0 Å². The van der Waals surface area contributed by atoms with Gasteiger partial charge < -0.3 is 10.5 Å². The zero-order valence-corrected chi connectivity index (χ0v) is 12.6. The highest BCUT2D eigenvalue weighted by molar-refractivity contribution is 5.36. The molecule has 1 heterocycles. The van der Waals surface area contributed by atoms with Gasteiger partial charge in [-0.3, -0.25) is 0 Å². The zero-order valence-electron chi connectivity index (χ0n) is 12.6. The van der Waals surface area contributed by atoms with Crippen LogP contribution in [0.25, 0.3) is 0 Å². The Morgan fingerprint density at radius 2 is 2.10 bits per heavy atom. The number of hydrogen-bond acceptors (Lipinski definition) is 4. The lowest BCUT2D eigenvalue weighted by molar-refractivity contribution is 0.278. The molecule has 6 heteroatoms. The van der Waals surface area contributed by atoms with Crippen LogP contribution in [0, 0.1) is 11.7 Å². The van der Waals surface area contributed by atoms with E-state index >= 15 is 0 Å². The monoisotopic (exact) mass is 292 g/mol. The number of nitrogens with zero attached hydrogens (tertiary/aromatic N) is 3. The van der Waals surface area contributed by atoms with E-state index in [4.69, 9.17) is 10.5 Å². The Kier molecular flexibility index (Phi) is 4.90. The number of hydrogen-bond donors (Lipinski definition) is 1. The molecule has 1 aromatic carbocycles. The molecule has 0 unspecified atom stereocenters. The average Bonchev–Trinajstić information content (AvgIpc) is 2.83. The van der Waals surface area contributed by atoms with Gasteiger partial charge in [0.2, 0.25) is 0 Å². The maximum Gasteiger partial charge on any atom is 0.164 e. The second kappa shape index (κ2) is 6.67. The molecule has 2 aromatic rings. The molecule has 21 heavy (non-hydrogen) atoms. The lowest BCUT2D eigenvalue weighted by Crippen LogP contribution is -2.13. The number of rotatable bonds is 6. The molecule has 0 bridgehead atoms. The summed E-state index contributed by atoms with van der Waals surface area (Å²) in [6.07, 6.45) is 1.51. The van der Waals surface area contributed by atoms with E-state index in [9.17, 15) is 4.39 Å². The Labute approximate surface area is 123 Å². The van der Waals surface area contributed by atoms with Crippen molar-refractivity contribution in [3.8, 4) is 5.75 Å². The second-order valence-electron chi connectivity index (χ2n) is 5.51. The lowest BCUT2D eigenvalue weighted by atomic mass is 10.1. The topological polar surface area (TPSA) is 66.0 Å². The third-order valence-electron chi connectivity index (χ3n) is 3.05. The first-order valence-electron chi connectivity index (χ1n) is 7.02. The first kappa shape index (κ1) is 15.4. The molecule has 0 saturated carbocycles. The van der Waals surface area contributed by atoms with Crippen molar-refractivity contribution in [1.82, 2.24) is 14.8 Å². The van der Waals surface area contributed by atoms with Crippen molar-refractivity contribution in [1.29, 1.82) is 0 Å². The predicted molar refractivity (Wildman–Crippen MR) is 78.2 cm³/mol. The van der Waals surface area contributed by atoms with E-state index in [-0.39, 0.29) is 18.5 Å². The van der Waals surface area contributed by atoms with Gasteiger partial charge in [-0.25, -0.2) is 14.1 Å². The van der Waals surface area contributed by atoms with Gasteiger partial charge in [0.15, 0.2) is 5.82 Å². The molecule has 0 aliphatic rings. The molecule has 114 valence electrons. The number of aromatic nitrogens is 3. The fraction of sp³-hybridized carbons (Fsp3) is 0.467. The van der Waals surface area contributed by atoms with Crippen LogP contribution in [0.4, 0.5) is 4.39 Å². The molecule has 0 saturated heterocycles. The first-order valence-corrected chi connectivity index (χ1v) is 7.02. The molecule has 0 aliphatic carbocycles. The van der Waals surface area contributed by atoms with Gasteiger partial charge >= 0.3 is 0 Å². The summed E-state index contributed by atoms with van der Waals surface area (Å²) < 4.78 is 20.9. The third-order valence-corrected chi connectivity index (χ3v) is 3.05. The van der Waals surface area contributed by atoms with Crippen LogP contribution in [0.15, 0.2) is 24.5 Å². The van der Waals surface area contributed by atoms with Crippen LogP contribution in [0.5, 0.6) is 5.75 Å². The van der Waals surface area contributed by atoms with E-state index in [1.54, 1.807) is 13.0 Å². The Hall–Kier alpha value is -1.95. The quantitative estimate of drug-likeness (QED) is 0.889. The van der Waals surface area contributed by atoms with Crippen LogP contribution in [0.1, 0.15) is 38.2 Å². The molecular formula is C15H21FN4O. The van der Waals surface area contributed by atoms with Gasteiger partial charge in [-0.05, 0) is 31.0 Å². The molecule has 0 amide bonds. The molecule has 5 nitrogen and oxygen atoms in total. The van der Waals surface area contributed by atoms with Crippen molar-refractivity contribution in [2.45, 2.75) is 40.0 Å². The first-order chi connectivity index (χ1) is 9.97. The van der Waals surface area contributed by atoms with Crippen LogP contribution in [0.2, 0.25) is 0 Å². The minimum atomic E-state index is -0.322. The standard InChI is InChI=1S/C15H21FN4O/c1-10(2)7-20-15(18-9-19-20)8-21-14-5-4-12(16)6-13(14)11(3)17/h4-6,9-11H,7-8,17H2,1-3H3/t11-/m0/s1. The molecule has 2 N–H and O–H groups in total. The fourth-order valence-corrected chi connectivity index (χ4v) is 2.05. The number of ether oxygens (including phenoxy) is 1. The van der Waals surface area contributed by atoms with Gasteiger partial charge in [-0.2, -0.15) is 5.10 Å². The van der Waals surface area contributed by atoms with Crippen LogP contribution in [-0.4, -0.2) is 14.8 Å². The molecule has 2 rings (SSSR count).